The summed E-state index contributed by atoms with van der Waals surface area (Å²) in [5, 5.41) is 0. The van der Waals surface area contributed by atoms with E-state index in [-0.39, 0.29) is 5.91 Å². The molecule has 1 saturated heterocycles. The van der Waals surface area contributed by atoms with Crippen molar-refractivity contribution < 1.29 is 4.79 Å². The number of rotatable bonds is 3. The van der Waals surface area contributed by atoms with Crippen LogP contribution in [0, 0.1) is 26.7 Å². The predicted octanol–water partition coefficient (Wildman–Crippen LogP) is 3.20. The van der Waals surface area contributed by atoms with Gasteiger partial charge in [0.2, 0.25) is 5.91 Å². The van der Waals surface area contributed by atoms with E-state index in [4.69, 9.17) is 11.6 Å². The molecule has 1 aliphatic rings. The van der Waals surface area contributed by atoms with Gasteiger partial charge < -0.3 is 4.90 Å². The van der Waals surface area contributed by atoms with Crippen LogP contribution in [0.3, 0.4) is 0 Å². The van der Waals surface area contributed by atoms with Crippen LogP contribution in [-0.4, -0.2) is 23.2 Å². The van der Waals surface area contributed by atoms with E-state index in [1.54, 1.807) is 0 Å². The Morgan fingerprint density at radius 1 is 1.28 bits per heavy atom. The van der Waals surface area contributed by atoms with Crippen LogP contribution in [0.25, 0.3) is 0 Å². The Labute approximate surface area is 114 Å². The van der Waals surface area contributed by atoms with Crippen LogP contribution in [0.4, 0.5) is 0 Å². The summed E-state index contributed by atoms with van der Waals surface area (Å²) in [5.41, 5.74) is 5.11. The van der Waals surface area contributed by atoms with E-state index in [9.17, 15) is 4.79 Å². The smallest absolute Gasteiger partial charge is 0.223 e. The van der Waals surface area contributed by atoms with Crippen molar-refractivity contribution in [1.29, 1.82) is 0 Å². The number of hydrogen-bond acceptors (Lipinski definition) is 1. The van der Waals surface area contributed by atoms with Gasteiger partial charge in [-0.25, -0.2) is 0 Å². The molecule has 18 heavy (non-hydrogen) atoms. The maximum atomic E-state index is 11.9. The topological polar surface area (TPSA) is 20.3 Å². The van der Waals surface area contributed by atoms with Crippen molar-refractivity contribution in [2.24, 2.45) is 5.92 Å². The number of nitrogens with zero attached hydrogens (tertiary/aromatic N) is 1. The second kappa shape index (κ2) is 5.31. The third kappa shape index (κ3) is 2.69. The van der Waals surface area contributed by atoms with Crippen LogP contribution in [0.1, 0.15) is 28.7 Å². The first kappa shape index (κ1) is 13.4. The number of benzene rings is 1. The van der Waals surface area contributed by atoms with Gasteiger partial charge in [0.25, 0.3) is 0 Å². The van der Waals surface area contributed by atoms with Gasteiger partial charge in [0.1, 0.15) is 0 Å². The summed E-state index contributed by atoms with van der Waals surface area (Å²) in [7, 11) is 0. The number of amides is 1. The molecular formula is C15H20ClNO. The Morgan fingerprint density at radius 3 is 2.39 bits per heavy atom. The monoisotopic (exact) mass is 265 g/mol. The fraction of sp³-hybridized carbons (Fsp3) is 0.533. The van der Waals surface area contributed by atoms with E-state index < -0.39 is 0 Å². The van der Waals surface area contributed by atoms with Crippen molar-refractivity contribution in [3.8, 4) is 0 Å². The summed E-state index contributed by atoms with van der Waals surface area (Å²) in [6, 6.07) is 4.36. The van der Waals surface area contributed by atoms with Crippen molar-refractivity contribution in [2.45, 2.75) is 33.7 Å². The molecular weight excluding hydrogens is 246 g/mol. The number of alkyl halides is 1. The van der Waals surface area contributed by atoms with Crippen LogP contribution < -0.4 is 0 Å². The average molecular weight is 266 g/mol. The SMILES string of the molecule is Cc1cc(C)c(CN2CC(CCl)CC2=O)c(C)c1. The predicted molar refractivity (Wildman–Crippen MR) is 74.9 cm³/mol. The highest BCUT2D eigenvalue weighted by atomic mass is 35.5. The fourth-order valence-corrected chi connectivity index (χ4v) is 2.97. The van der Waals surface area contributed by atoms with E-state index in [1.807, 2.05) is 4.90 Å². The zero-order valence-corrected chi connectivity index (χ0v) is 12.0. The van der Waals surface area contributed by atoms with Gasteiger partial charge in [-0.15, -0.1) is 11.6 Å². The molecule has 3 heteroatoms. The third-order valence-corrected chi connectivity index (χ3v) is 4.14. The Kier molecular flexibility index (Phi) is 3.96. The minimum absolute atomic E-state index is 0.236. The lowest BCUT2D eigenvalue weighted by Crippen LogP contribution is -2.25. The lowest BCUT2D eigenvalue weighted by Gasteiger charge is -2.20. The molecule has 1 atom stereocenters. The van der Waals surface area contributed by atoms with Crippen molar-refractivity contribution >= 4 is 17.5 Å². The van der Waals surface area contributed by atoms with Gasteiger partial charge in [-0.05, 0) is 43.4 Å². The second-order valence-corrected chi connectivity index (χ2v) is 5.68. The van der Waals surface area contributed by atoms with E-state index in [0.29, 0.717) is 18.2 Å². The summed E-state index contributed by atoms with van der Waals surface area (Å²) in [4.78, 5) is 13.8. The highest BCUT2D eigenvalue weighted by Gasteiger charge is 2.29. The number of carbonyl (C=O) groups excluding carboxylic acids is 1. The molecule has 2 rings (SSSR count). The summed E-state index contributed by atoms with van der Waals surface area (Å²) in [5.74, 6) is 1.14. The van der Waals surface area contributed by atoms with Gasteiger partial charge in [0.15, 0.2) is 0 Å². The molecule has 1 aromatic carbocycles. The minimum Gasteiger partial charge on any atom is -0.338 e. The molecule has 0 aliphatic carbocycles. The van der Waals surface area contributed by atoms with Gasteiger partial charge in [-0.3, -0.25) is 4.79 Å². The van der Waals surface area contributed by atoms with Gasteiger partial charge in [-0.1, -0.05) is 17.7 Å². The Balaban J connectivity index is 2.17. The molecule has 2 nitrogen and oxygen atoms in total. The van der Waals surface area contributed by atoms with Crippen molar-refractivity contribution in [2.75, 3.05) is 12.4 Å². The van der Waals surface area contributed by atoms with Crippen LogP contribution in [0.2, 0.25) is 0 Å². The standard InChI is InChI=1S/C15H20ClNO/c1-10-4-11(2)14(12(3)5-10)9-17-8-13(7-16)6-15(17)18/h4-5,13H,6-9H2,1-3H3. The molecule has 1 amide bonds. The number of likely N-dealkylation sites (tertiary alicyclic amines) is 1. The van der Waals surface area contributed by atoms with Gasteiger partial charge in [-0.2, -0.15) is 0 Å². The van der Waals surface area contributed by atoms with E-state index >= 15 is 0 Å². The van der Waals surface area contributed by atoms with Crippen LogP contribution in [0.15, 0.2) is 12.1 Å². The molecule has 0 saturated carbocycles. The maximum absolute atomic E-state index is 11.9. The molecule has 0 aromatic heterocycles. The highest BCUT2D eigenvalue weighted by molar-refractivity contribution is 6.18. The average Bonchev–Trinajstić information content (AvgIpc) is 2.64. The zero-order valence-electron chi connectivity index (χ0n) is 11.3. The molecule has 98 valence electrons. The Hall–Kier alpha value is -1.02. The molecule has 1 heterocycles. The quantitative estimate of drug-likeness (QED) is 0.769. The number of hydrogen-bond donors (Lipinski definition) is 0. The molecule has 0 bridgehead atoms. The molecule has 0 N–H and O–H groups in total. The zero-order chi connectivity index (χ0) is 13.3. The van der Waals surface area contributed by atoms with Gasteiger partial charge in [0, 0.05) is 25.4 Å². The summed E-state index contributed by atoms with van der Waals surface area (Å²) >= 11 is 5.85. The molecule has 1 aromatic rings. The minimum atomic E-state index is 0.236. The van der Waals surface area contributed by atoms with Crippen molar-refractivity contribution in [3.63, 3.8) is 0 Å². The molecule has 0 radical (unpaired) electrons. The number of carbonyl (C=O) groups is 1. The van der Waals surface area contributed by atoms with Crippen molar-refractivity contribution in [3.05, 3.63) is 34.4 Å². The summed E-state index contributed by atoms with van der Waals surface area (Å²) in [6.07, 6.45) is 0.605. The number of halogens is 1. The van der Waals surface area contributed by atoms with E-state index in [0.717, 1.165) is 13.1 Å². The Morgan fingerprint density at radius 2 is 1.89 bits per heavy atom. The van der Waals surface area contributed by atoms with Crippen LogP contribution in [0.5, 0.6) is 0 Å². The molecule has 1 aliphatic heterocycles. The van der Waals surface area contributed by atoms with Crippen LogP contribution >= 0.6 is 11.6 Å². The highest BCUT2D eigenvalue weighted by Crippen LogP contribution is 2.24. The largest absolute Gasteiger partial charge is 0.338 e. The van der Waals surface area contributed by atoms with E-state index in [2.05, 4.69) is 32.9 Å². The normalized spacial score (nSPS) is 19.7. The lowest BCUT2D eigenvalue weighted by molar-refractivity contribution is -0.128. The molecule has 1 fully saturated rings. The van der Waals surface area contributed by atoms with Gasteiger partial charge in [0.05, 0.1) is 0 Å². The maximum Gasteiger partial charge on any atom is 0.223 e. The van der Waals surface area contributed by atoms with E-state index in [1.165, 1.54) is 22.3 Å². The summed E-state index contributed by atoms with van der Waals surface area (Å²) < 4.78 is 0. The number of aryl methyl sites for hydroxylation is 3. The summed E-state index contributed by atoms with van der Waals surface area (Å²) in [6.45, 7) is 7.87. The first-order chi connectivity index (χ1) is 8.51. The van der Waals surface area contributed by atoms with Crippen LogP contribution in [-0.2, 0) is 11.3 Å². The third-order valence-electron chi connectivity index (χ3n) is 3.70. The first-order valence-corrected chi connectivity index (χ1v) is 6.95. The fourth-order valence-electron chi connectivity index (χ4n) is 2.76. The Bertz CT molecular complexity index is 447. The second-order valence-electron chi connectivity index (χ2n) is 5.38. The first-order valence-electron chi connectivity index (χ1n) is 6.41. The van der Waals surface area contributed by atoms with Crippen molar-refractivity contribution in [1.82, 2.24) is 4.90 Å². The lowest BCUT2D eigenvalue weighted by atomic mass is 9.99. The molecule has 1 unspecified atom stereocenters. The molecule has 0 spiro atoms. The van der Waals surface area contributed by atoms with Gasteiger partial charge >= 0.3 is 0 Å².